The van der Waals surface area contributed by atoms with E-state index in [0.29, 0.717) is 5.82 Å². The van der Waals surface area contributed by atoms with E-state index in [4.69, 9.17) is 5.73 Å². The Morgan fingerprint density at radius 2 is 2.07 bits per heavy atom. The minimum absolute atomic E-state index is 0.479. The summed E-state index contributed by atoms with van der Waals surface area (Å²) >= 11 is 0. The predicted octanol–water partition coefficient (Wildman–Crippen LogP) is 1.68. The van der Waals surface area contributed by atoms with Gasteiger partial charge in [-0.3, -0.25) is 4.98 Å². The second-order valence-corrected chi connectivity index (χ2v) is 3.88. The van der Waals surface area contributed by atoms with Crippen LogP contribution in [0.25, 0.3) is 0 Å². The molecule has 0 spiro atoms. The number of aromatic nitrogens is 2. The monoisotopic (exact) mass is 208 g/mol. The van der Waals surface area contributed by atoms with Crippen LogP contribution in [0.1, 0.15) is 31.9 Å². The molecule has 0 radical (unpaired) electrons. The van der Waals surface area contributed by atoms with Crippen molar-refractivity contribution in [3.05, 3.63) is 18.1 Å². The molecule has 0 bridgehead atoms. The Kier molecular flexibility index (Phi) is 5.04. The van der Waals surface area contributed by atoms with Crippen molar-refractivity contribution in [2.75, 3.05) is 19.3 Å². The molecule has 4 heteroatoms. The van der Waals surface area contributed by atoms with Crippen molar-refractivity contribution < 1.29 is 0 Å². The highest BCUT2D eigenvalue weighted by Gasteiger charge is 2.01. The van der Waals surface area contributed by atoms with Crippen molar-refractivity contribution in [1.82, 2.24) is 14.9 Å². The Bertz CT molecular complexity index is 270. The summed E-state index contributed by atoms with van der Waals surface area (Å²) in [5.74, 6) is 0.479. The first-order valence-electron chi connectivity index (χ1n) is 5.47. The van der Waals surface area contributed by atoms with Crippen molar-refractivity contribution >= 4 is 5.82 Å². The molecule has 0 aromatic carbocycles. The van der Waals surface area contributed by atoms with Gasteiger partial charge in [-0.2, -0.15) is 0 Å². The summed E-state index contributed by atoms with van der Waals surface area (Å²) in [6, 6.07) is 0. The summed E-state index contributed by atoms with van der Waals surface area (Å²) in [6.45, 7) is 4.17. The SMILES string of the molecule is CCCCCN(C)Cc1cnc(N)cn1. The van der Waals surface area contributed by atoms with Gasteiger partial charge in [0.05, 0.1) is 18.1 Å². The summed E-state index contributed by atoms with van der Waals surface area (Å²) in [5.41, 5.74) is 6.44. The second kappa shape index (κ2) is 6.35. The van der Waals surface area contributed by atoms with Crippen molar-refractivity contribution in [2.45, 2.75) is 32.7 Å². The second-order valence-electron chi connectivity index (χ2n) is 3.88. The zero-order valence-corrected chi connectivity index (χ0v) is 9.61. The summed E-state index contributed by atoms with van der Waals surface area (Å²) in [5, 5.41) is 0. The fraction of sp³-hybridized carbons (Fsp3) is 0.636. The van der Waals surface area contributed by atoms with Crippen LogP contribution < -0.4 is 5.73 Å². The van der Waals surface area contributed by atoms with Gasteiger partial charge >= 0.3 is 0 Å². The predicted molar refractivity (Wildman–Crippen MR) is 62.3 cm³/mol. The molecule has 1 heterocycles. The van der Waals surface area contributed by atoms with E-state index in [1.807, 2.05) is 0 Å². The molecule has 0 saturated heterocycles. The van der Waals surface area contributed by atoms with Crippen molar-refractivity contribution in [2.24, 2.45) is 0 Å². The zero-order chi connectivity index (χ0) is 11.1. The Morgan fingerprint density at radius 1 is 1.27 bits per heavy atom. The zero-order valence-electron chi connectivity index (χ0n) is 9.61. The molecule has 0 fully saturated rings. The number of unbranched alkanes of at least 4 members (excludes halogenated alkanes) is 2. The standard InChI is InChI=1S/C11H20N4/c1-3-4-5-6-15(2)9-10-7-14-11(12)8-13-10/h7-8H,3-6,9H2,1-2H3,(H2,12,14). The van der Waals surface area contributed by atoms with Crippen LogP contribution in [0.15, 0.2) is 12.4 Å². The first kappa shape index (κ1) is 11.9. The highest BCUT2D eigenvalue weighted by molar-refractivity contribution is 5.22. The summed E-state index contributed by atoms with van der Waals surface area (Å²) < 4.78 is 0. The first-order chi connectivity index (χ1) is 7.22. The van der Waals surface area contributed by atoms with Gasteiger partial charge in [0.2, 0.25) is 0 Å². The number of anilines is 1. The van der Waals surface area contributed by atoms with Gasteiger partial charge in [-0.1, -0.05) is 19.8 Å². The van der Waals surface area contributed by atoms with E-state index in [2.05, 4.69) is 28.8 Å². The van der Waals surface area contributed by atoms with Gasteiger partial charge in [0.15, 0.2) is 0 Å². The molecule has 0 atom stereocenters. The first-order valence-corrected chi connectivity index (χ1v) is 5.47. The van der Waals surface area contributed by atoms with E-state index >= 15 is 0 Å². The van der Waals surface area contributed by atoms with Crippen LogP contribution in [-0.2, 0) is 6.54 Å². The molecular weight excluding hydrogens is 188 g/mol. The summed E-state index contributed by atoms with van der Waals surface area (Å²) in [7, 11) is 2.10. The number of nitrogen functional groups attached to an aromatic ring is 1. The van der Waals surface area contributed by atoms with E-state index in [0.717, 1.165) is 18.8 Å². The molecule has 2 N–H and O–H groups in total. The quantitative estimate of drug-likeness (QED) is 0.723. The van der Waals surface area contributed by atoms with Crippen molar-refractivity contribution in [3.63, 3.8) is 0 Å². The number of hydrogen-bond donors (Lipinski definition) is 1. The van der Waals surface area contributed by atoms with Gasteiger partial charge in [-0.15, -0.1) is 0 Å². The van der Waals surface area contributed by atoms with E-state index in [9.17, 15) is 0 Å². The summed E-state index contributed by atoms with van der Waals surface area (Å²) in [4.78, 5) is 10.5. The third kappa shape index (κ3) is 4.74. The van der Waals surface area contributed by atoms with Crippen LogP contribution in [0.3, 0.4) is 0 Å². The molecule has 0 amide bonds. The molecule has 1 rings (SSSR count). The highest BCUT2D eigenvalue weighted by atomic mass is 15.1. The minimum atomic E-state index is 0.479. The van der Waals surface area contributed by atoms with E-state index < -0.39 is 0 Å². The average molecular weight is 208 g/mol. The molecule has 0 aliphatic carbocycles. The third-order valence-electron chi connectivity index (χ3n) is 2.30. The maximum Gasteiger partial charge on any atom is 0.141 e. The Labute approximate surface area is 91.5 Å². The largest absolute Gasteiger partial charge is 0.382 e. The molecule has 15 heavy (non-hydrogen) atoms. The molecule has 0 aliphatic heterocycles. The lowest BCUT2D eigenvalue weighted by molar-refractivity contribution is 0.314. The van der Waals surface area contributed by atoms with Gasteiger partial charge in [0.25, 0.3) is 0 Å². The fourth-order valence-electron chi connectivity index (χ4n) is 1.43. The molecule has 0 unspecified atom stereocenters. The minimum Gasteiger partial charge on any atom is -0.382 e. The molecular formula is C11H20N4. The Balaban J connectivity index is 2.31. The molecule has 84 valence electrons. The highest BCUT2D eigenvalue weighted by Crippen LogP contribution is 2.02. The maximum atomic E-state index is 5.47. The maximum absolute atomic E-state index is 5.47. The smallest absolute Gasteiger partial charge is 0.141 e. The Morgan fingerprint density at radius 3 is 2.67 bits per heavy atom. The van der Waals surface area contributed by atoms with E-state index in [1.54, 1.807) is 12.4 Å². The van der Waals surface area contributed by atoms with Crippen molar-refractivity contribution in [3.8, 4) is 0 Å². The van der Waals surface area contributed by atoms with Gasteiger partial charge in [0, 0.05) is 6.54 Å². The fourth-order valence-corrected chi connectivity index (χ4v) is 1.43. The lowest BCUT2D eigenvalue weighted by Gasteiger charge is -2.15. The van der Waals surface area contributed by atoms with Gasteiger partial charge in [-0.05, 0) is 20.0 Å². The lowest BCUT2D eigenvalue weighted by atomic mass is 10.2. The van der Waals surface area contributed by atoms with Crippen LogP contribution in [0.5, 0.6) is 0 Å². The van der Waals surface area contributed by atoms with Crippen LogP contribution in [0.2, 0.25) is 0 Å². The number of nitrogens with zero attached hydrogens (tertiary/aromatic N) is 3. The number of hydrogen-bond acceptors (Lipinski definition) is 4. The van der Waals surface area contributed by atoms with Crippen molar-refractivity contribution in [1.29, 1.82) is 0 Å². The van der Waals surface area contributed by atoms with E-state index in [1.165, 1.54) is 19.3 Å². The third-order valence-corrected chi connectivity index (χ3v) is 2.30. The molecule has 1 aromatic rings. The van der Waals surface area contributed by atoms with Crippen LogP contribution in [0.4, 0.5) is 5.82 Å². The van der Waals surface area contributed by atoms with Gasteiger partial charge < -0.3 is 10.6 Å². The molecule has 4 nitrogen and oxygen atoms in total. The lowest BCUT2D eigenvalue weighted by Crippen LogP contribution is -2.19. The Hall–Kier alpha value is -1.16. The molecule has 1 aromatic heterocycles. The average Bonchev–Trinajstić information content (AvgIpc) is 2.22. The topological polar surface area (TPSA) is 55.0 Å². The van der Waals surface area contributed by atoms with Crippen LogP contribution in [-0.4, -0.2) is 28.5 Å². The summed E-state index contributed by atoms with van der Waals surface area (Å²) in [6.07, 6.45) is 7.14. The van der Waals surface area contributed by atoms with Gasteiger partial charge in [-0.25, -0.2) is 4.98 Å². The van der Waals surface area contributed by atoms with E-state index in [-0.39, 0.29) is 0 Å². The van der Waals surface area contributed by atoms with Crippen LogP contribution >= 0.6 is 0 Å². The number of nitrogens with two attached hydrogens (primary N) is 1. The van der Waals surface area contributed by atoms with Gasteiger partial charge in [0.1, 0.15) is 5.82 Å². The van der Waals surface area contributed by atoms with Crippen LogP contribution in [0, 0.1) is 0 Å². The normalized spacial score (nSPS) is 10.9. The number of rotatable bonds is 6. The molecule has 0 aliphatic rings. The molecule has 0 saturated carbocycles.